The lowest BCUT2D eigenvalue weighted by molar-refractivity contribution is 0.0204. The standard InChI is InChI=1S/C8H16O2/c1-4-6-10-8(3)7-9-5-2/h5,8H,2,4,6-7H2,1,3H3. The molecule has 0 aromatic carbocycles. The fraction of sp³-hybridized carbons (Fsp3) is 0.750. The summed E-state index contributed by atoms with van der Waals surface area (Å²) in [5.41, 5.74) is 0. The SMILES string of the molecule is C=COCC(C)OCCC. The van der Waals surface area contributed by atoms with Crippen molar-refractivity contribution in [3.8, 4) is 0 Å². The third kappa shape index (κ3) is 5.63. The van der Waals surface area contributed by atoms with Gasteiger partial charge in [0, 0.05) is 6.61 Å². The van der Waals surface area contributed by atoms with Gasteiger partial charge < -0.3 is 9.47 Å². The summed E-state index contributed by atoms with van der Waals surface area (Å²) in [6.07, 6.45) is 2.67. The van der Waals surface area contributed by atoms with Crippen molar-refractivity contribution in [1.82, 2.24) is 0 Å². The van der Waals surface area contributed by atoms with E-state index in [-0.39, 0.29) is 6.10 Å². The van der Waals surface area contributed by atoms with Crippen molar-refractivity contribution in [1.29, 1.82) is 0 Å². The van der Waals surface area contributed by atoms with Crippen LogP contribution in [0.2, 0.25) is 0 Å². The first-order valence-corrected chi connectivity index (χ1v) is 3.65. The van der Waals surface area contributed by atoms with E-state index in [2.05, 4.69) is 13.5 Å². The molecule has 0 saturated heterocycles. The first-order valence-electron chi connectivity index (χ1n) is 3.65. The van der Waals surface area contributed by atoms with Crippen LogP contribution in [0.1, 0.15) is 20.3 Å². The van der Waals surface area contributed by atoms with Crippen LogP contribution in [0.25, 0.3) is 0 Å². The molecule has 0 fully saturated rings. The number of hydrogen-bond donors (Lipinski definition) is 0. The molecule has 0 amide bonds. The van der Waals surface area contributed by atoms with Gasteiger partial charge in [-0.15, -0.1) is 0 Å². The average Bonchev–Trinajstić information content (AvgIpc) is 1.97. The topological polar surface area (TPSA) is 18.5 Å². The van der Waals surface area contributed by atoms with Crippen LogP contribution in [0.5, 0.6) is 0 Å². The molecule has 0 radical (unpaired) electrons. The molecular weight excluding hydrogens is 128 g/mol. The van der Waals surface area contributed by atoms with Crippen molar-refractivity contribution < 1.29 is 9.47 Å². The normalized spacial score (nSPS) is 12.6. The molecule has 0 aliphatic heterocycles. The van der Waals surface area contributed by atoms with Crippen LogP contribution >= 0.6 is 0 Å². The molecular formula is C8H16O2. The van der Waals surface area contributed by atoms with Crippen molar-refractivity contribution in [2.24, 2.45) is 0 Å². The smallest absolute Gasteiger partial charge is 0.113 e. The second-order valence-electron chi connectivity index (χ2n) is 2.18. The van der Waals surface area contributed by atoms with Crippen molar-refractivity contribution in [3.63, 3.8) is 0 Å². The Morgan fingerprint density at radius 1 is 1.60 bits per heavy atom. The molecule has 2 nitrogen and oxygen atoms in total. The minimum absolute atomic E-state index is 0.179. The van der Waals surface area contributed by atoms with E-state index in [4.69, 9.17) is 9.47 Å². The Labute approximate surface area is 62.8 Å². The van der Waals surface area contributed by atoms with Crippen LogP contribution in [0, 0.1) is 0 Å². The highest BCUT2D eigenvalue weighted by molar-refractivity contribution is 4.53. The maximum absolute atomic E-state index is 5.32. The Balaban J connectivity index is 3.07. The zero-order valence-electron chi connectivity index (χ0n) is 6.80. The van der Waals surface area contributed by atoms with Crippen molar-refractivity contribution in [3.05, 3.63) is 12.8 Å². The Kier molecular flexibility index (Phi) is 6.29. The Hall–Kier alpha value is -0.500. The van der Waals surface area contributed by atoms with Crippen molar-refractivity contribution in [2.75, 3.05) is 13.2 Å². The summed E-state index contributed by atoms with van der Waals surface area (Å²) in [4.78, 5) is 0. The maximum atomic E-state index is 5.32. The molecule has 0 spiro atoms. The summed E-state index contributed by atoms with van der Waals surface area (Å²) in [5, 5.41) is 0. The lowest BCUT2D eigenvalue weighted by Gasteiger charge is -2.10. The third-order valence-electron chi connectivity index (χ3n) is 1.06. The van der Waals surface area contributed by atoms with Gasteiger partial charge in [0.1, 0.15) is 6.61 Å². The summed E-state index contributed by atoms with van der Waals surface area (Å²) < 4.78 is 10.3. The highest BCUT2D eigenvalue weighted by atomic mass is 16.5. The summed E-state index contributed by atoms with van der Waals surface area (Å²) in [6, 6.07) is 0. The minimum Gasteiger partial charge on any atom is -0.499 e. The van der Waals surface area contributed by atoms with E-state index >= 15 is 0 Å². The molecule has 0 bridgehead atoms. The fourth-order valence-corrected chi connectivity index (χ4v) is 0.571. The number of ether oxygens (including phenoxy) is 2. The first kappa shape index (κ1) is 9.50. The molecule has 0 aliphatic carbocycles. The van der Waals surface area contributed by atoms with Crippen molar-refractivity contribution in [2.45, 2.75) is 26.4 Å². The first-order chi connectivity index (χ1) is 4.81. The predicted molar refractivity (Wildman–Crippen MR) is 41.9 cm³/mol. The predicted octanol–water partition coefficient (Wildman–Crippen LogP) is 1.96. The van der Waals surface area contributed by atoms with Crippen LogP contribution in [0.15, 0.2) is 12.8 Å². The van der Waals surface area contributed by atoms with E-state index in [1.807, 2.05) is 6.92 Å². The summed E-state index contributed by atoms with van der Waals surface area (Å²) in [7, 11) is 0. The van der Waals surface area contributed by atoms with E-state index in [1.54, 1.807) is 0 Å². The second-order valence-corrected chi connectivity index (χ2v) is 2.18. The van der Waals surface area contributed by atoms with E-state index in [9.17, 15) is 0 Å². The highest BCUT2D eigenvalue weighted by Gasteiger charge is 1.98. The Morgan fingerprint density at radius 3 is 2.80 bits per heavy atom. The monoisotopic (exact) mass is 144 g/mol. The average molecular weight is 144 g/mol. The molecule has 0 aromatic rings. The zero-order valence-corrected chi connectivity index (χ0v) is 6.80. The molecule has 0 N–H and O–H groups in total. The lowest BCUT2D eigenvalue weighted by atomic mass is 10.4. The van der Waals surface area contributed by atoms with Gasteiger partial charge in [0.25, 0.3) is 0 Å². The molecule has 60 valence electrons. The zero-order chi connectivity index (χ0) is 7.82. The molecule has 1 atom stereocenters. The largest absolute Gasteiger partial charge is 0.499 e. The maximum Gasteiger partial charge on any atom is 0.113 e. The lowest BCUT2D eigenvalue weighted by Crippen LogP contribution is -2.14. The fourth-order valence-electron chi connectivity index (χ4n) is 0.571. The van der Waals surface area contributed by atoms with E-state index in [1.165, 1.54) is 6.26 Å². The summed E-state index contributed by atoms with van der Waals surface area (Å²) >= 11 is 0. The van der Waals surface area contributed by atoms with Crippen LogP contribution in [0.3, 0.4) is 0 Å². The van der Waals surface area contributed by atoms with Crippen LogP contribution in [0.4, 0.5) is 0 Å². The molecule has 10 heavy (non-hydrogen) atoms. The van der Waals surface area contributed by atoms with Crippen LogP contribution in [-0.4, -0.2) is 19.3 Å². The molecule has 0 saturated carbocycles. The molecule has 1 unspecified atom stereocenters. The second kappa shape index (κ2) is 6.62. The van der Waals surface area contributed by atoms with E-state index in [0.29, 0.717) is 6.61 Å². The highest BCUT2D eigenvalue weighted by Crippen LogP contribution is 1.92. The Morgan fingerprint density at radius 2 is 2.30 bits per heavy atom. The molecule has 0 aliphatic rings. The minimum atomic E-state index is 0.179. The number of hydrogen-bond acceptors (Lipinski definition) is 2. The quantitative estimate of drug-likeness (QED) is 0.530. The van der Waals surface area contributed by atoms with Gasteiger partial charge in [-0.25, -0.2) is 0 Å². The van der Waals surface area contributed by atoms with Crippen LogP contribution < -0.4 is 0 Å². The van der Waals surface area contributed by atoms with Crippen molar-refractivity contribution >= 4 is 0 Å². The molecule has 0 heterocycles. The van der Waals surface area contributed by atoms with Gasteiger partial charge in [-0.3, -0.25) is 0 Å². The third-order valence-corrected chi connectivity index (χ3v) is 1.06. The molecule has 0 aromatic heterocycles. The number of rotatable bonds is 6. The van der Waals surface area contributed by atoms with Gasteiger partial charge in [-0.1, -0.05) is 13.5 Å². The van der Waals surface area contributed by atoms with Gasteiger partial charge in [0.15, 0.2) is 0 Å². The Bertz CT molecular complexity index is 81.3. The van der Waals surface area contributed by atoms with Gasteiger partial charge in [0.05, 0.1) is 12.4 Å². The summed E-state index contributed by atoms with van der Waals surface area (Å²) in [5.74, 6) is 0. The van der Waals surface area contributed by atoms with Gasteiger partial charge in [-0.05, 0) is 13.3 Å². The van der Waals surface area contributed by atoms with Gasteiger partial charge in [0.2, 0.25) is 0 Å². The molecule has 0 rings (SSSR count). The van der Waals surface area contributed by atoms with E-state index in [0.717, 1.165) is 13.0 Å². The van der Waals surface area contributed by atoms with Crippen LogP contribution in [-0.2, 0) is 9.47 Å². The molecule has 2 heteroatoms. The summed E-state index contributed by atoms with van der Waals surface area (Å²) in [6.45, 7) is 8.91. The van der Waals surface area contributed by atoms with E-state index < -0.39 is 0 Å². The van der Waals surface area contributed by atoms with Gasteiger partial charge in [-0.2, -0.15) is 0 Å². The van der Waals surface area contributed by atoms with Gasteiger partial charge >= 0.3 is 0 Å².